The van der Waals surface area contributed by atoms with Crippen molar-refractivity contribution < 1.29 is 14.3 Å². The summed E-state index contributed by atoms with van der Waals surface area (Å²) in [7, 11) is 1.59. The maximum absolute atomic E-state index is 12.6. The van der Waals surface area contributed by atoms with Crippen molar-refractivity contribution in [2.24, 2.45) is 0 Å². The predicted octanol–water partition coefficient (Wildman–Crippen LogP) is 2.00. The van der Waals surface area contributed by atoms with Crippen molar-refractivity contribution in [1.82, 2.24) is 15.2 Å². The van der Waals surface area contributed by atoms with E-state index in [0.29, 0.717) is 56.3 Å². The predicted molar refractivity (Wildman–Crippen MR) is 112 cm³/mol. The molecule has 0 bridgehead atoms. The highest BCUT2D eigenvalue weighted by Gasteiger charge is 2.22. The number of pyridine rings is 1. The van der Waals surface area contributed by atoms with Gasteiger partial charge in [0.05, 0.1) is 18.6 Å². The van der Waals surface area contributed by atoms with Gasteiger partial charge in [0.25, 0.3) is 5.91 Å². The Hall–Kier alpha value is -2.64. The number of anilines is 1. The Morgan fingerprint density at radius 3 is 2.55 bits per heavy atom. The molecule has 2 heterocycles. The Balaban J connectivity index is 1.50. The molecule has 7 nitrogen and oxygen atoms in total. The monoisotopic (exact) mass is 416 g/mol. The number of rotatable bonds is 7. The molecule has 29 heavy (non-hydrogen) atoms. The van der Waals surface area contributed by atoms with Gasteiger partial charge in [0.2, 0.25) is 5.91 Å². The second kappa shape index (κ2) is 10.2. The molecule has 1 fully saturated rings. The van der Waals surface area contributed by atoms with E-state index in [9.17, 15) is 9.59 Å². The van der Waals surface area contributed by atoms with Crippen LogP contribution in [0.1, 0.15) is 15.9 Å². The summed E-state index contributed by atoms with van der Waals surface area (Å²) in [5.74, 6) is 0.710. The van der Waals surface area contributed by atoms with Crippen molar-refractivity contribution in [2.45, 2.75) is 6.42 Å². The van der Waals surface area contributed by atoms with E-state index in [2.05, 4.69) is 15.2 Å². The lowest BCUT2D eigenvalue weighted by atomic mass is 10.1. The molecule has 1 N–H and O–H groups in total. The van der Waals surface area contributed by atoms with Crippen LogP contribution in [0.5, 0.6) is 0 Å². The Bertz CT molecular complexity index is 836. The highest BCUT2D eigenvalue weighted by molar-refractivity contribution is 6.31. The summed E-state index contributed by atoms with van der Waals surface area (Å²) in [6.45, 7) is 3.58. The molecule has 0 radical (unpaired) electrons. The zero-order valence-electron chi connectivity index (χ0n) is 16.4. The molecule has 1 aliphatic heterocycles. The van der Waals surface area contributed by atoms with Crippen LogP contribution in [-0.2, 0) is 16.0 Å². The maximum atomic E-state index is 12.6. The largest absolute Gasteiger partial charge is 0.383 e. The summed E-state index contributed by atoms with van der Waals surface area (Å²) < 4.78 is 4.92. The molecule has 154 valence electrons. The minimum atomic E-state index is -0.170. The number of methoxy groups -OCH3 is 1. The first-order valence-electron chi connectivity index (χ1n) is 9.58. The molecule has 2 aromatic rings. The van der Waals surface area contributed by atoms with Crippen LogP contribution in [0.3, 0.4) is 0 Å². The zero-order chi connectivity index (χ0) is 20.6. The molecular formula is C21H25ClN4O3. The lowest BCUT2D eigenvalue weighted by Gasteiger charge is -2.35. The van der Waals surface area contributed by atoms with E-state index in [4.69, 9.17) is 16.3 Å². The topological polar surface area (TPSA) is 74.8 Å². The second-order valence-electron chi connectivity index (χ2n) is 6.79. The minimum Gasteiger partial charge on any atom is -0.383 e. The molecule has 3 rings (SSSR count). The lowest BCUT2D eigenvalue weighted by Crippen LogP contribution is -2.49. The summed E-state index contributed by atoms with van der Waals surface area (Å²) in [5.41, 5.74) is 1.36. The van der Waals surface area contributed by atoms with Crippen LogP contribution in [0.2, 0.25) is 5.02 Å². The fourth-order valence-corrected chi connectivity index (χ4v) is 3.38. The van der Waals surface area contributed by atoms with Gasteiger partial charge < -0.3 is 19.9 Å². The first-order valence-corrected chi connectivity index (χ1v) is 9.95. The number of benzene rings is 1. The molecule has 0 atom stereocenters. The molecule has 0 spiro atoms. The van der Waals surface area contributed by atoms with Gasteiger partial charge in [-0.05, 0) is 23.8 Å². The quantitative estimate of drug-likeness (QED) is 0.699. The van der Waals surface area contributed by atoms with Crippen LogP contribution in [0, 0.1) is 0 Å². The Morgan fingerprint density at radius 1 is 1.14 bits per heavy atom. The van der Waals surface area contributed by atoms with Crippen LogP contribution in [-0.4, -0.2) is 68.1 Å². The van der Waals surface area contributed by atoms with E-state index < -0.39 is 0 Å². The van der Waals surface area contributed by atoms with Gasteiger partial charge in [-0.15, -0.1) is 0 Å². The van der Waals surface area contributed by atoms with Crippen LogP contribution < -0.4 is 10.2 Å². The van der Waals surface area contributed by atoms with Crippen molar-refractivity contribution in [2.75, 3.05) is 51.3 Å². The van der Waals surface area contributed by atoms with Gasteiger partial charge in [0.15, 0.2) is 0 Å². The summed E-state index contributed by atoms with van der Waals surface area (Å²) in [6.07, 6.45) is 1.89. The average Bonchev–Trinajstić information content (AvgIpc) is 2.75. The highest BCUT2D eigenvalue weighted by atomic mass is 35.5. The van der Waals surface area contributed by atoms with Crippen molar-refractivity contribution in [3.8, 4) is 0 Å². The maximum Gasteiger partial charge on any atom is 0.252 e. The zero-order valence-corrected chi connectivity index (χ0v) is 17.2. The first kappa shape index (κ1) is 21.1. The van der Waals surface area contributed by atoms with Crippen LogP contribution >= 0.6 is 11.6 Å². The van der Waals surface area contributed by atoms with Crippen molar-refractivity contribution >= 4 is 29.2 Å². The van der Waals surface area contributed by atoms with Gasteiger partial charge in [0.1, 0.15) is 5.82 Å². The normalized spacial score (nSPS) is 14.0. The molecular weight excluding hydrogens is 392 g/mol. The number of halogens is 1. The van der Waals surface area contributed by atoms with Gasteiger partial charge in [-0.3, -0.25) is 9.59 Å². The number of hydrogen-bond acceptors (Lipinski definition) is 5. The van der Waals surface area contributed by atoms with Crippen LogP contribution in [0.25, 0.3) is 0 Å². The summed E-state index contributed by atoms with van der Waals surface area (Å²) in [4.78, 5) is 33.0. The minimum absolute atomic E-state index is 0.0776. The summed E-state index contributed by atoms with van der Waals surface area (Å²) in [6, 6.07) is 11.0. The number of ether oxygens (including phenoxy) is 1. The molecule has 0 saturated carbocycles. The molecule has 0 unspecified atom stereocenters. The van der Waals surface area contributed by atoms with Crippen LogP contribution in [0.15, 0.2) is 42.6 Å². The number of amides is 2. The first-order chi connectivity index (χ1) is 14.1. The molecule has 2 amide bonds. The molecule has 1 aromatic heterocycles. The Morgan fingerprint density at radius 2 is 1.90 bits per heavy atom. The smallest absolute Gasteiger partial charge is 0.252 e. The number of nitrogens with one attached hydrogen (secondary N) is 1. The summed E-state index contributed by atoms with van der Waals surface area (Å²) >= 11 is 6.16. The van der Waals surface area contributed by atoms with E-state index in [1.165, 1.54) is 0 Å². The van der Waals surface area contributed by atoms with Crippen molar-refractivity contribution in [1.29, 1.82) is 0 Å². The second-order valence-corrected chi connectivity index (χ2v) is 7.20. The van der Waals surface area contributed by atoms with Gasteiger partial charge in [-0.2, -0.15) is 0 Å². The van der Waals surface area contributed by atoms with Crippen molar-refractivity contribution in [3.05, 3.63) is 58.7 Å². The third kappa shape index (κ3) is 5.68. The Labute approximate surface area is 175 Å². The standard InChI is InChI=1S/C21H25ClN4O3/c1-29-13-8-23-21(28)17-6-7-19(24-15-17)25-9-11-26(12-10-25)20(27)14-16-4-2-3-5-18(16)22/h2-7,15H,8-14H2,1H3,(H,23,28). The van der Waals surface area contributed by atoms with Gasteiger partial charge >= 0.3 is 0 Å². The molecule has 1 aliphatic rings. The molecule has 0 aliphatic carbocycles. The van der Waals surface area contributed by atoms with E-state index in [1.807, 2.05) is 29.2 Å². The van der Waals surface area contributed by atoms with Crippen molar-refractivity contribution in [3.63, 3.8) is 0 Å². The van der Waals surface area contributed by atoms with Gasteiger partial charge in [-0.25, -0.2) is 4.98 Å². The van der Waals surface area contributed by atoms with E-state index in [0.717, 1.165) is 11.4 Å². The third-order valence-corrected chi connectivity index (χ3v) is 5.23. The SMILES string of the molecule is COCCNC(=O)c1ccc(N2CCN(C(=O)Cc3ccccc3Cl)CC2)nc1. The number of hydrogen-bond donors (Lipinski definition) is 1. The van der Waals surface area contributed by atoms with E-state index in [-0.39, 0.29) is 11.8 Å². The number of aromatic nitrogens is 1. The lowest BCUT2D eigenvalue weighted by molar-refractivity contribution is -0.130. The number of carbonyl (C=O) groups is 2. The van der Waals surface area contributed by atoms with Gasteiger partial charge in [-0.1, -0.05) is 29.8 Å². The average molecular weight is 417 g/mol. The van der Waals surface area contributed by atoms with Crippen LogP contribution in [0.4, 0.5) is 5.82 Å². The fourth-order valence-electron chi connectivity index (χ4n) is 3.18. The number of piperazine rings is 1. The molecule has 1 aromatic carbocycles. The fraction of sp³-hybridized carbons (Fsp3) is 0.381. The highest BCUT2D eigenvalue weighted by Crippen LogP contribution is 2.18. The Kier molecular flexibility index (Phi) is 7.43. The molecule has 8 heteroatoms. The van der Waals surface area contributed by atoms with E-state index in [1.54, 1.807) is 25.4 Å². The molecule has 1 saturated heterocycles. The van der Waals surface area contributed by atoms with Gasteiger partial charge in [0, 0.05) is 51.1 Å². The summed E-state index contributed by atoms with van der Waals surface area (Å²) in [5, 5.41) is 3.39. The number of nitrogens with zero attached hydrogens (tertiary/aromatic N) is 3. The number of carbonyl (C=O) groups excluding carboxylic acids is 2. The third-order valence-electron chi connectivity index (χ3n) is 4.86. The van der Waals surface area contributed by atoms with E-state index >= 15 is 0 Å².